The number of hydrogen-bond acceptors (Lipinski definition) is 6. The van der Waals surface area contributed by atoms with Gasteiger partial charge in [0, 0.05) is 25.2 Å². The van der Waals surface area contributed by atoms with Crippen molar-refractivity contribution >= 4 is 15.9 Å². The van der Waals surface area contributed by atoms with Gasteiger partial charge in [-0.3, -0.25) is 4.79 Å². The molecule has 0 aromatic heterocycles. The van der Waals surface area contributed by atoms with Gasteiger partial charge in [-0.25, -0.2) is 8.42 Å². The van der Waals surface area contributed by atoms with Gasteiger partial charge in [-0.1, -0.05) is 6.07 Å². The Morgan fingerprint density at radius 3 is 2.35 bits per heavy atom. The number of carbonyl (C=O) groups excluding carboxylic acids is 1. The van der Waals surface area contributed by atoms with Gasteiger partial charge >= 0.3 is 0 Å². The van der Waals surface area contributed by atoms with Crippen LogP contribution < -0.4 is 14.8 Å². The summed E-state index contributed by atoms with van der Waals surface area (Å²) in [7, 11) is -0.373. The van der Waals surface area contributed by atoms with Crippen molar-refractivity contribution in [2.24, 2.45) is 0 Å². The van der Waals surface area contributed by atoms with E-state index in [1.807, 2.05) is 18.2 Å². The van der Waals surface area contributed by atoms with Crippen LogP contribution in [0, 0.1) is 0 Å². The summed E-state index contributed by atoms with van der Waals surface area (Å²) in [4.78, 5) is 12.6. The van der Waals surface area contributed by atoms with E-state index < -0.39 is 10.0 Å². The number of ether oxygens (including phenoxy) is 3. The summed E-state index contributed by atoms with van der Waals surface area (Å²) in [6.45, 7) is 1.96. The highest BCUT2D eigenvalue weighted by atomic mass is 32.2. The van der Waals surface area contributed by atoms with Crippen LogP contribution in [0.4, 0.5) is 0 Å². The summed E-state index contributed by atoms with van der Waals surface area (Å²) < 4.78 is 42.5. The van der Waals surface area contributed by atoms with Crippen LogP contribution >= 0.6 is 0 Å². The molecule has 0 atom stereocenters. The van der Waals surface area contributed by atoms with Crippen molar-refractivity contribution in [2.75, 3.05) is 47.1 Å². The van der Waals surface area contributed by atoms with Crippen molar-refractivity contribution < 1.29 is 27.4 Å². The molecule has 2 aromatic carbocycles. The van der Waals surface area contributed by atoms with E-state index in [2.05, 4.69) is 5.32 Å². The second-order valence-corrected chi connectivity index (χ2v) is 9.03. The number of hydrogen-bond donors (Lipinski definition) is 1. The van der Waals surface area contributed by atoms with Crippen molar-refractivity contribution in [3.63, 3.8) is 0 Å². The van der Waals surface area contributed by atoms with Crippen LogP contribution in [0.1, 0.15) is 22.3 Å². The maximum absolute atomic E-state index is 12.7. The number of methoxy groups -OCH3 is 2. The lowest BCUT2D eigenvalue weighted by Crippen LogP contribution is -2.40. The van der Waals surface area contributed by atoms with Gasteiger partial charge in [-0.05, 0) is 54.8 Å². The number of nitrogens with zero attached hydrogens (tertiary/aromatic N) is 1. The lowest BCUT2D eigenvalue weighted by Gasteiger charge is -2.26. The van der Waals surface area contributed by atoms with E-state index in [4.69, 9.17) is 14.2 Å². The molecule has 1 aliphatic heterocycles. The molecule has 1 amide bonds. The quantitative estimate of drug-likeness (QED) is 0.591. The monoisotopic (exact) mass is 448 g/mol. The molecule has 1 fully saturated rings. The minimum Gasteiger partial charge on any atom is -0.493 e. The van der Waals surface area contributed by atoms with Crippen molar-refractivity contribution in [1.29, 1.82) is 0 Å². The fourth-order valence-corrected chi connectivity index (χ4v) is 4.75. The summed E-state index contributed by atoms with van der Waals surface area (Å²) in [6.07, 6.45) is 1.53. The first kappa shape index (κ1) is 23.1. The first-order valence-corrected chi connectivity index (χ1v) is 11.6. The Hall–Kier alpha value is -2.62. The number of nitrogens with one attached hydrogen (secondary N) is 1. The van der Waals surface area contributed by atoms with Crippen molar-refractivity contribution in [2.45, 2.75) is 17.7 Å². The Morgan fingerprint density at radius 1 is 1.03 bits per heavy atom. The highest BCUT2D eigenvalue weighted by Gasteiger charge is 2.26. The van der Waals surface area contributed by atoms with Gasteiger partial charge in [-0.2, -0.15) is 4.31 Å². The minimum absolute atomic E-state index is 0.180. The average Bonchev–Trinajstić information content (AvgIpc) is 2.82. The second-order valence-electron chi connectivity index (χ2n) is 7.09. The number of aryl methyl sites for hydroxylation is 1. The minimum atomic E-state index is -3.56. The van der Waals surface area contributed by atoms with Crippen molar-refractivity contribution in [3.8, 4) is 11.5 Å². The number of carbonyl (C=O) groups is 1. The van der Waals surface area contributed by atoms with E-state index in [0.29, 0.717) is 49.9 Å². The summed E-state index contributed by atoms with van der Waals surface area (Å²) in [5.41, 5.74) is 1.51. The van der Waals surface area contributed by atoms with Crippen molar-refractivity contribution in [3.05, 3.63) is 53.6 Å². The standard InChI is InChI=1S/C22H28N2O6S/c1-28-20-10-5-17(16-21(20)29-2)4-3-11-23-22(25)18-6-8-19(9-7-18)31(26,27)24-12-14-30-15-13-24/h5-10,16H,3-4,11-15H2,1-2H3,(H,23,25). The first-order valence-electron chi connectivity index (χ1n) is 10.1. The molecule has 1 saturated heterocycles. The Balaban J connectivity index is 1.51. The molecule has 8 nitrogen and oxygen atoms in total. The summed E-state index contributed by atoms with van der Waals surface area (Å²) in [6, 6.07) is 11.8. The van der Waals surface area contributed by atoms with E-state index >= 15 is 0 Å². The third-order valence-corrected chi connectivity index (χ3v) is 7.01. The van der Waals surface area contributed by atoms with E-state index in [9.17, 15) is 13.2 Å². The van der Waals surface area contributed by atoms with E-state index in [1.165, 1.54) is 28.6 Å². The van der Waals surface area contributed by atoms with Crippen LogP contribution in [0.2, 0.25) is 0 Å². The molecule has 0 saturated carbocycles. The lowest BCUT2D eigenvalue weighted by atomic mass is 10.1. The third-order valence-electron chi connectivity index (χ3n) is 5.10. The summed E-state index contributed by atoms with van der Waals surface area (Å²) in [5, 5.41) is 2.87. The molecule has 1 aliphatic rings. The molecule has 0 bridgehead atoms. The fraction of sp³-hybridized carbons (Fsp3) is 0.409. The molecular weight excluding hydrogens is 420 g/mol. The third kappa shape index (κ3) is 5.75. The van der Waals surface area contributed by atoms with Crippen molar-refractivity contribution in [1.82, 2.24) is 9.62 Å². The fourth-order valence-electron chi connectivity index (χ4n) is 3.35. The van der Waals surface area contributed by atoms with Crippen LogP contribution in [0.15, 0.2) is 47.4 Å². The van der Waals surface area contributed by atoms with Gasteiger partial charge in [0.2, 0.25) is 10.0 Å². The zero-order valence-electron chi connectivity index (χ0n) is 17.8. The van der Waals surface area contributed by atoms with E-state index in [0.717, 1.165) is 18.4 Å². The van der Waals surface area contributed by atoms with Gasteiger partial charge in [-0.15, -0.1) is 0 Å². The van der Waals surface area contributed by atoms with Gasteiger partial charge in [0.25, 0.3) is 5.91 Å². The molecule has 0 spiro atoms. The summed E-state index contributed by atoms with van der Waals surface area (Å²) in [5.74, 6) is 1.12. The van der Waals surface area contributed by atoms with Crippen LogP contribution in [-0.2, 0) is 21.2 Å². The van der Waals surface area contributed by atoms with Gasteiger partial charge in [0.1, 0.15) is 0 Å². The van der Waals surface area contributed by atoms with Gasteiger partial charge < -0.3 is 19.5 Å². The SMILES string of the molecule is COc1ccc(CCCNC(=O)c2ccc(S(=O)(=O)N3CCOCC3)cc2)cc1OC. The lowest BCUT2D eigenvalue weighted by molar-refractivity contribution is 0.0730. The predicted octanol–water partition coefficient (Wildman–Crippen LogP) is 2.09. The zero-order chi connectivity index (χ0) is 22.3. The zero-order valence-corrected chi connectivity index (χ0v) is 18.6. The van der Waals surface area contributed by atoms with Crippen LogP contribution in [-0.4, -0.2) is 65.7 Å². The summed E-state index contributed by atoms with van der Waals surface area (Å²) >= 11 is 0. The molecule has 2 aromatic rings. The van der Waals surface area contributed by atoms with Crippen LogP contribution in [0.25, 0.3) is 0 Å². The number of benzene rings is 2. The normalized spacial score (nSPS) is 14.8. The largest absolute Gasteiger partial charge is 0.493 e. The first-order chi connectivity index (χ1) is 15.0. The molecule has 9 heteroatoms. The second kappa shape index (κ2) is 10.6. The van der Waals surface area contributed by atoms with E-state index in [-0.39, 0.29) is 10.8 Å². The molecule has 0 unspecified atom stereocenters. The van der Waals surface area contributed by atoms with Crippen LogP contribution in [0.3, 0.4) is 0 Å². The Kier molecular flexibility index (Phi) is 7.89. The average molecular weight is 449 g/mol. The Morgan fingerprint density at radius 2 is 1.71 bits per heavy atom. The number of sulfonamides is 1. The molecule has 1 heterocycles. The molecule has 31 heavy (non-hydrogen) atoms. The van der Waals surface area contributed by atoms with Gasteiger partial charge in [0.15, 0.2) is 11.5 Å². The number of rotatable bonds is 9. The Bertz CT molecular complexity index is 986. The maximum atomic E-state index is 12.7. The smallest absolute Gasteiger partial charge is 0.251 e. The highest BCUT2D eigenvalue weighted by Crippen LogP contribution is 2.27. The van der Waals surface area contributed by atoms with E-state index in [1.54, 1.807) is 14.2 Å². The highest BCUT2D eigenvalue weighted by molar-refractivity contribution is 7.89. The number of amides is 1. The molecular formula is C22H28N2O6S. The molecule has 1 N–H and O–H groups in total. The topological polar surface area (TPSA) is 94.2 Å². The van der Waals surface area contributed by atoms with Crippen LogP contribution in [0.5, 0.6) is 11.5 Å². The molecule has 0 aliphatic carbocycles. The predicted molar refractivity (Wildman–Crippen MR) is 116 cm³/mol. The Labute approximate surface area is 183 Å². The molecule has 0 radical (unpaired) electrons. The number of morpholine rings is 1. The van der Waals surface area contributed by atoms with Gasteiger partial charge in [0.05, 0.1) is 32.3 Å². The molecule has 3 rings (SSSR count). The maximum Gasteiger partial charge on any atom is 0.251 e. The molecule has 168 valence electrons.